The fraction of sp³-hybridized carbons (Fsp3) is 0.476. The zero-order chi connectivity index (χ0) is 20.2. The maximum atomic E-state index is 13.1. The van der Waals surface area contributed by atoms with E-state index in [4.69, 9.17) is 4.74 Å². The van der Waals surface area contributed by atoms with Crippen LogP contribution >= 0.6 is 0 Å². The lowest BCUT2D eigenvalue weighted by molar-refractivity contribution is -0.134. The number of nitrogens with zero attached hydrogens (tertiary/aromatic N) is 1. The van der Waals surface area contributed by atoms with Crippen molar-refractivity contribution in [3.05, 3.63) is 41.5 Å². The molecule has 3 aliphatic rings. The molecule has 4 rings (SSSR count). The first-order chi connectivity index (χ1) is 13.2. The number of rotatable bonds is 4. The maximum absolute atomic E-state index is 13.1. The molecule has 1 spiro atoms. The number of amides is 3. The van der Waals surface area contributed by atoms with Crippen molar-refractivity contribution >= 4 is 23.4 Å². The number of carbonyl (C=O) groups is 3. The van der Waals surface area contributed by atoms with Gasteiger partial charge in [-0.05, 0) is 38.5 Å². The van der Waals surface area contributed by atoms with Gasteiger partial charge in [-0.3, -0.25) is 14.4 Å². The first kappa shape index (κ1) is 18.7. The molecule has 2 fully saturated rings. The zero-order valence-electron chi connectivity index (χ0n) is 16.5. The fourth-order valence-corrected chi connectivity index (χ4v) is 4.45. The van der Waals surface area contributed by atoms with E-state index >= 15 is 0 Å². The Morgan fingerprint density at radius 3 is 2.79 bits per heavy atom. The Morgan fingerprint density at radius 2 is 2.07 bits per heavy atom. The summed E-state index contributed by atoms with van der Waals surface area (Å²) < 4.78 is 6.03. The van der Waals surface area contributed by atoms with Crippen LogP contribution in [0.25, 0.3) is 0 Å². The van der Waals surface area contributed by atoms with Gasteiger partial charge in [0.25, 0.3) is 5.91 Å². The van der Waals surface area contributed by atoms with Gasteiger partial charge in [-0.1, -0.05) is 18.2 Å². The number of likely N-dealkylation sites (N-methyl/N-ethyl adjacent to an activating group) is 1. The van der Waals surface area contributed by atoms with Gasteiger partial charge < -0.3 is 20.3 Å². The molecule has 1 aromatic carbocycles. The summed E-state index contributed by atoms with van der Waals surface area (Å²) in [5, 5.41) is 5.77. The highest BCUT2D eigenvalue weighted by molar-refractivity contribution is 6.01. The van der Waals surface area contributed by atoms with E-state index in [1.54, 1.807) is 30.1 Å². The highest BCUT2D eigenvalue weighted by Crippen LogP contribution is 2.51. The van der Waals surface area contributed by atoms with Crippen LogP contribution in [0.3, 0.4) is 0 Å². The highest BCUT2D eigenvalue weighted by Gasteiger charge is 2.66. The van der Waals surface area contributed by atoms with E-state index in [0.29, 0.717) is 17.8 Å². The van der Waals surface area contributed by atoms with Crippen LogP contribution in [-0.2, 0) is 14.3 Å². The summed E-state index contributed by atoms with van der Waals surface area (Å²) in [4.78, 5) is 39.7. The molecule has 0 aliphatic carbocycles. The SMILES string of the molecule is Cc1ccc(C(=O)NC(C)C)cc1NC(=O)[C@H]1[C@@H]2C=C[C@@]3(CN(C)C(=O)[C@@H]13)O2. The molecule has 1 aromatic rings. The third-order valence-corrected chi connectivity index (χ3v) is 5.77. The molecule has 28 heavy (non-hydrogen) atoms. The molecule has 0 saturated carbocycles. The van der Waals surface area contributed by atoms with Crippen LogP contribution in [0, 0.1) is 18.8 Å². The predicted octanol–water partition coefficient (Wildman–Crippen LogP) is 1.48. The minimum absolute atomic E-state index is 0.0198. The number of carbonyl (C=O) groups excluding carboxylic acids is 3. The molecule has 2 bridgehead atoms. The second kappa shape index (κ2) is 6.44. The van der Waals surface area contributed by atoms with Gasteiger partial charge in [0.1, 0.15) is 5.60 Å². The Labute approximate surface area is 164 Å². The smallest absolute Gasteiger partial charge is 0.251 e. The van der Waals surface area contributed by atoms with E-state index in [1.807, 2.05) is 32.9 Å². The Morgan fingerprint density at radius 1 is 1.32 bits per heavy atom. The molecule has 2 N–H and O–H groups in total. The number of nitrogens with one attached hydrogen (secondary N) is 2. The molecule has 7 heteroatoms. The van der Waals surface area contributed by atoms with Gasteiger partial charge in [0.05, 0.1) is 24.5 Å². The van der Waals surface area contributed by atoms with Gasteiger partial charge in [-0.15, -0.1) is 0 Å². The second-order valence-corrected chi connectivity index (χ2v) is 8.24. The van der Waals surface area contributed by atoms with Crippen LogP contribution < -0.4 is 10.6 Å². The zero-order valence-corrected chi connectivity index (χ0v) is 16.5. The first-order valence-corrected chi connectivity index (χ1v) is 9.56. The van der Waals surface area contributed by atoms with E-state index in [9.17, 15) is 14.4 Å². The Hall–Kier alpha value is -2.67. The topological polar surface area (TPSA) is 87.7 Å². The molecular formula is C21H25N3O4. The molecule has 148 valence electrons. The lowest BCUT2D eigenvalue weighted by atomic mass is 9.76. The molecule has 3 amide bonds. The number of ether oxygens (including phenoxy) is 1. The molecule has 3 aliphatic heterocycles. The van der Waals surface area contributed by atoms with Crippen molar-refractivity contribution in [1.82, 2.24) is 10.2 Å². The molecule has 3 heterocycles. The third kappa shape index (κ3) is 2.81. The van der Waals surface area contributed by atoms with Crippen LogP contribution in [0.5, 0.6) is 0 Å². The largest absolute Gasteiger partial charge is 0.360 e. The first-order valence-electron chi connectivity index (χ1n) is 9.56. The number of anilines is 1. The fourth-order valence-electron chi connectivity index (χ4n) is 4.45. The van der Waals surface area contributed by atoms with Crippen LogP contribution in [-0.4, -0.2) is 54.0 Å². The Bertz CT molecular complexity index is 894. The Kier molecular flexibility index (Phi) is 4.30. The van der Waals surface area contributed by atoms with Crippen molar-refractivity contribution < 1.29 is 19.1 Å². The van der Waals surface area contributed by atoms with Crippen molar-refractivity contribution in [2.45, 2.75) is 38.5 Å². The predicted molar refractivity (Wildman–Crippen MR) is 104 cm³/mol. The van der Waals surface area contributed by atoms with E-state index in [1.165, 1.54) is 0 Å². The Balaban J connectivity index is 1.57. The summed E-state index contributed by atoms with van der Waals surface area (Å²) in [7, 11) is 1.73. The average Bonchev–Trinajstić information content (AvgIpc) is 3.24. The normalized spacial score (nSPS) is 30.1. The van der Waals surface area contributed by atoms with Crippen LogP contribution in [0.4, 0.5) is 5.69 Å². The van der Waals surface area contributed by atoms with Crippen LogP contribution in [0.1, 0.15) is 29.8 Å². The maximum Gasteiger partial charge on any atom is 0.251 e. The van der Waals surface area contributed by atoms with Gasteiger partial charge in [0.2, 0.25) is 11.8 Å². The quantitative estimate of drug-likeness (QED) is 0.771. The lowest BCUT2D eigenvalue weighted by Crippen LogP contribution is -2.41. The number of hydrogen-bond acceptors (Lipinski definition) is 4. The molecular weight excluding hydrogens is 358 g/mol. The number of fused-ring (bicyclic) bond motifs is 1. The van der Waals surface area contributed by atoms with Crippen molar-refractivity contribution in [2.24, 2.45) is 11.8 Å². The van der Waals surface area contributed by atoms with Gasteiger partial charge in [-0.25, -0.2) is 0 Å². The second-order valence-electron chi connectivity index (χ2n) is 8.24. The lowest BCUT2D eigenvalue weighted by Gasteiger charge is -2.24. The van der Waals surface area contributed by atoms with E-state index < -0.39 is 23.5 Å². The minimum atomic E-state index is -0.688. The number of benzene rings is 1. The van der Waals surface area contributed by atoms with Crippen molar-refractivity contribution in [2.75, 3.05) is 18.9 Å². The van der Waals surface area contributed by atoms with Gasteiger partial charge in [0.15, 0.2) is 0 Å². The number of hydrogen-bond donors (Lipinski definition) is 2. The minimum Gasteiger partial charge on any atom is -0.360 e. The summed E-state index contributed by atoms with van der Waals surface area (Å²) in [6, 6.07) is 5.23. The highest BCUT2D eigenvalue weighted by atomic mass is 16.5. The third-order valence-electron chi connectivity index (χ3n) is 5.77. The van der Waals surface area contributed by atoms with Crippen molar-refractivity contribution in [1.29, 1.82) is 0 Å². The summed E-state index contributed by atoms with van der Waals surface area (Å²) in [5.74, 6) is -1.58. The summed E-state index contributed by atoms with van der Waals surface area (Å²) >= 11 is 0. The van der Waals surface area contributed by atoms with Crippen LogP contribution in [0.2, 0.25) is 0 Å². The monoisotopic (exact) mass is 383 g/mol. The van der Waals surface area contributed by atoms with E-state index in [-0.39, 0.29) is 23.8 Å². The summed E-state index contributed by atoms with van der Waals surface area (Å²) in [6.07, 6.45) is 3.41. The van der Waals surface area contributed by atoms with Crippen molar-refractivity contribution in [3.63, 3.8) is 0 Å². The molecule has 0 radical (unpaired) electrons. The standard InChI is InChI=1S/C21H25N3O4/c1-11(2)22-18(25)13-6-5-12(3)14(9-13)23-19(26)16-15-7-8-21(28-15)10-24(4)20(27)17(16)21/h5-9,11,15-17H,10H2,1-4H3,(H,22,25)(H,23,26)/t15-,16-,17+,21-/m0/s1. The van der Waals surface area contributed by atoms with E-state index in [2.05, 4.69) is 10.6 Å². The van der Waals surface area contributed by atoms with E-state index in [0.717, 1.165) is 5.56 Å². The molecule has 4 atom stereocenters. The molecule has 0 unspecified atom stereocenters. The van der Waals surface area contributed by atoms with Gasteiger partial charge >= 0.3 is 0 Å². The number of aryl methyl sites for hydroxylation is 1. The number of likely N-dealkylation sites (tertiary alicyclic amines) is 1. The van der Waals surface area contributed by atoms with Gasteiger partial charge in [0, 0.05) is 24.3 Å². The summed E-state index contributed by atoms with van der Waals surface area (Å²) in [5.41, 5.74) is 1.21. The molecule has 7 nitrogen and oxygen atoms in total. The van der Waals surface area contributed by atoms with Crippen LogP contribution in [0.15, 0.2) is 30.4 Å². The molecule has 0 aromatic heterocycles. The molecule has 2 saturated heterocycles. The van der Waals surface area contributed by atoms with Crippen molar-refractivity contribution in [3.8, 4) is 0 Å². The average molecular weight is 383 g/mol. The van der Waals surface area contributed by atoms with Gasteiger partial charge in [-0.2, -0.15) is 0 Å². The summed E-state index contributed by atoms with van der Waals surface area (Å²) in [6.45, 7) is 6.12.